The summed E-state index contributed by atoms with van der Waals surface area (Å²) in [6.45, 7) is 8.16. The fraction of sp³-hybridized carbons (Fsp3) is 0.944. The third-order valence-corrected chi connectivity index (χ3v) is 5.66. The fourth-order valence-electron chi connectivity index (χ4n) is 4.19. The lowest BCUT2D eigenvalue weighted by Crippen LogP contribution is -2.41. The van der Waals surface area contributed by atoms with E-state index in [4.69, 9.17) is 5.11 Å². The van der Waals surface area contributed by atoms with Gasteiger partial charge in [0.2, 0.25) is 5.91 Å². The van der Waals surface area contributed by atoms with Gasteiger partial charge in [-0.15, -0.1) is 0 Å². The Kier molecular flexibility index (Phi) is 5.70. The molecule has 1 unspecified atom stereocenters. The van der Waals surface area contributed by atoms with Crippen LogP contribution in [0.1, 0.15) is 72.1 Å². The molecule has 0 bridgehead atoms. The molecule has 0 aromatic rings. The van der Waals surface area contributed by atoms with E-state index in [0.29, 0.717) is 17.4 Å². The lowest BCUT2D eigenvalue weighted by Gasteiger charge is -2.38. The highest BCUT2D eigenvalue weighted by molar-refractivity contribution is 5.79. The molecule has 1 aliphatic heterocycles. The van der Waals surface area contributed by atoms with Crippen molar-refractivity contribution >= 4 is 5.91 Å². The smallest absolute Gasteiger partial charge is 0.225 e. The van der Waals surface area contributed by atoms with Crippen LogP contribution < -0.4 is 0 Å². The molecule has 0 radical (unpaired) electrons. The van der Waals surface area contributed by atoms with Crippen LogP contribution in [0.3, 0.4) is 0 Å². The normalized spacial score (nSPS) is 30.7. The maximum atomic E-state index is 12.8. The molecule has 2 fully saturated rings. The van der Waals surface area contributed by atoms with Crippen LogP contribution >= 0.6 is 0 Å². The lowest BCUT2D eigenvalue weighted by atomic mass is 9.69. The van der Waals surface area contributed by atoms with Crippen LogP contribution in [0.5, 0.6) is 0 Å². The summed E-state index contributed by atoms with van der Waals surface area (Å²) >= 11 is 0. The van der Waals surface area contributed by atoms with Gasteiger partial charge in [0.25, 0.3) is 0 Å². The van der Waals surface area contributed by atoms with Crippen LogP contribution in [0.15, 0.2) is 0 Å². The molecule has 0 aromatic carbocycles. The standard InChI is InChI=1S/C18H33NO2/c1-18(2,3)15-10-8-14(9-11-15)17(21)19-12-4-6-16(19)7-5-13-20/h14-16,20H,4-13H2,1-3H3. The van der Waals surface area contributed by atoms with E-state index in [9.17, 15) is 4.79 Å². The highest BCUT2D eigenvalue weighted by Crippen LogP contribution is 2.40. The number of likely N-dealkylation sites (tertiary alicyclic amines) is 1. The second-order valence-electron chi connectivity index (χ2n) is 8.11. The molecule has 1 saturated carbocycles. The number of nitrogens with zero attached hydrogens (tertiary/aromatic N) is 1. The number of carbonyl (C=O) groups is 1. The summed E-state index contributed by atoms with van der Waals surface area (Å²) in [5, 5.41) is 9.00. The van der Waals surface area contributed by atoms with Crippen molar-refractivity contribution in [1.82, 2.24) is 4.90 Å². The molecule has 3 heteroatoms. The van der Waals surface area contributed by atoms with E-state index in [2.05, 4.69) is 25.7 Å². The molecular formula is C18H33NO2. The number of hydrogen-bond acceptors (Lipinski definition) is 2. The van der Waals surface area contributed by atoms with Crippen molar-refractivity contribution in [2.45, 2.75) is 78.2 Å². The molecule has 2 rings (SSSR count). The summed E-state index contributed by atoms with van der Waals surface area (Å²) < 4.78 is 0. The third-order valence-electron chi connectivity index (χ3n) is 5.66. The van der Waals surface area contributed by atoms with Crippen LogP contribution in [-0.4, -0.2) is 35.1 Å². The van der Waals surface area contributed by atoms with E-state index in [1.54, 1.807) is 0 Å². The topological polar surface area (TPSA) is 40.5 Å². The van der Waals surface area contributed by atoms with Crippen molar-refractivity contribution in [3.63, 3.8) is 0 Å². The van der Waals surface area contributed by atoms with E-state index >= 15 is 0 Å². The highest BCUT2D eigenvalue weighted by Gasteiger charge is 2.36. The van der Waals surface area contributed by atoms with E-state index in [-0.39, 0.29) is 12.5 Å². The van der Waals surface area contributed by atoms with Gasteiger partial charge >= 0.3 is 0 Å². The monoisotopic (exact) mass is 295 g/mol. The molecule has 1 saturated heterocycles. The number of aliphatic hydroxyl groups excluding tert-OH is 1. The molecule has 0 spiro atoms. The van der Waals surface area contributed by atoms with E-state index < -0.39 is 0 Å². The van der Waals surface area contributed by atoms with Crippen LogP contribution in [0.4, 0.5) is 0 Å². The van der Waals surface area contributed by atoms with Crippen LogP contribution in [0.2, 0.25) is 0 Å². The Morgan fingerprint density at radius 2 is 1.81 bits per heavy atom. The molecule has 1 N–H and O–H groups in total. The number of aliphatic hydroxyl groups is 1. The van der Waals surface area contributed by atoms with Gasteiger partial charge < -0.3 is 10.0 Å². The average Bonchev–Trinajstić information content (AvgIpc) is 2.92. The third kappa shape index (κ3) is 4.21. The first-order valence-electron chi connectivity index (χ1n) is 8.85. The zero-order valence-corrected chi connectivity index (χ0v) is 14.1. The summed E-state index contributed by atoms with van der Waals surface area (Å²) in [6, 6.07) is 0.394. The van der Waals surface area contributed by atoms with Gasteiger partial charge in [-0.1, -0.05) is 20.8 Å². The van der Waals surface area contributed by atoms with Gasteiger partial charge in [0.1, 0.15) is 0 Å². The predicted molar refractivity (Wildman–Crippen MR) is 86.0 cm³/mol. The van der Waals surface area contributed by atoms with E-state index in [1.807, 2.05) is 0 Å². The predicted octanol–water partition coefficient (Wildman–Crippen LogP) is 3.60. The van der Waals surface area contributed by atoms with Gasteiger partial charge in [0.15, 0.2) is 0 Å². The zero-order chi connectivity index (χ0) is 15.5. The molecule has 1 heterocycles. The molecular weight excluding hydrogens is 262 g/mol. The van der Waals surface area contributed by atoms with Crippen molar-refractivity contribution < 1.29 is 9.90 Å². The minimum Gasteiger partial charge on any atom is -0.396 e. The number of amides is 1. The molecule has 21 heavy (non-hydrogen) atoms. The van der Waals surface area contributed by atoms with Gasteiger partial charge in [-0.3, -0.25) is 4.79 Å². The molecule has 2 aliphatic rings. The molecule has 1 atom stereocenters. The Bertz CT molecular complexity index is 340. The van der Waals surface area contributed by atoms with Crippen molar-refractivity contribution in [1.29, 1.82) is 0 Å². The van der Waals surface area contributed by atoms with Crippen molar-refractivity contribution in [2.75, 3.05) is 13.2 Å². The summed E-state index contributed by atoms with van der Waals surface area (Å²) in [7, 11) is 0. The summed E-state index contributed by atoms with van der Waals surface area (Å²) in [4.78, 5) is 14.9. The quantitative estimate of drug-likeness (QED) is 0.861. The second-order valence-corrected chi connectivity index (χ2v) is 8.11. The average molecular weight is 295 g/mol. The van der Waals surface area contributed by atoms with Gasteiger partial charge in [0.05, 0.1) is 0 Å². The first-order valence-corrected chi connectivity index (χ1v) is 8.85. The lowest BCUT2D eigenvalue weighted by molar-refractivity contribution is -0.138. The summed E-state index contributed by atoms with van der Waals surface area (Å²) in [5.41, 5.74) is 0.380. The Labute approximate surface area is 130 Å². The number of carbonyl (C=O) groups excluding carboxylic acids is 1. The maximum Gasteiger partial charge on any atom is 0.225 e. The molecule has 1 aliphatic carbocycles. The Balaban J connectivity index is 1.86. The first kappa shape index (κ1) is 16.8. The number of rotatable bonds is 4. The Morgan fingerprint density at radius 1 is 1.14 bits per heavy atom. The number of hydrogen-bond donors (Lipinski definition) is 1. The minimum absolute atomic E-state index is 0.245. The largest absolute Gasteiger partial charge is 0.396 e. The van der Waals surface area contributed by atoms with E-state index in [1.165, 1.54) is 12.8 Å². The highest BCUT2D eigenvalue weighted by atomic mass is 16.3. The van der Waals surface area contributed by atoms with Crippen molar-refractivity contribution in [3.8, 4) is 0 Å². The van der Waals surface area contributed by atoms with Gasteiger partial charge in [-0.25, -0.2) is 0 Å². The Hall–Kier alpha value is -0.570. The zero-order valence-electron chi connectivity index (χ0n) is 14.1. The maximum absolute atomic E-state index is 12.8. The molecule has 0 aromatic heterocycles. The molecule has 122 valence electrons. The van der Waals surface area contributed by atoms with Crippen molar-refractivity contribution in [3.05, 3.63) is 0 Å². The van der Waals surface area contributed by atoms with Crippen LogP contribution in [0, 0.1) is 17.3 Å². The SMILES string of the molecule is CC(C)(C)C1CCC(C(=O)N2CCCC2CCCO)CC1. The van der Waals surface area contributed by atoms with Gasteiger partial charge in [-0.2, -0.15) is 0 Å². The van der Waals surface area contributed by atoms with Gasteiger partial charge in [-0.05, 0) is 62.7 Å². The first-order chi connectivity index (χ1) is 9.93. The van der Waals surface area contributed by atoms with Gasteiger partial charge in [0, 0.05) is 25.1 Å². The van der Waals surface area contributed by atoms with E-state index in [0.717, 1.165) is 51.0 Å². The molecule has 3 nitrogen and oxygen atoms in total. The fourth-order valence-corrected chi connectivity index (χ4v) is 4.19. The Morgan fingerprint density at radius 3 is 2.38 bits per heavy atom. The second kappa shape index (κ2) is 7.13. The summed E-state index contributed by atoms with van der Waals surface area (Å²) in [6.07, 6.45) is 8.62. The van der Waals surface area contributed by atoms with Crippen molar-refractivity contribution in [2.24, 2.45) is 17.3 Å². The van der Waals surface area contributed by atoms with Crippen LogP contribution in [-0.2, 0) is 4.79 Å². The minimum atomic E-state index is 0.245. The summed E-state index contributed by atoms with van der Waals surface area (Å²) in [5.74, 6) is 1.44. The van der Waals surface area contributed by atoms with Crippen LogP contribution in [0.25, 0.3) is 0 Å². The molecule has 1 amide bonds.